The van der Waals surface area contributed by atoms with Crippen LogP contribution in [0.3, 0.4) is 0 Å². The van der Waals surface area contributed by atoms with Crippen LogP contribution >= 0.6 is 0 Å². The lowest BCUT2D eigenvalue weighted by atomic mass is 10.1. The lowest BCUT2D eigenvalue weighted by molar-refractivity contribution is -0.143. The van der Waals surface area contributed by atoms with Gasteiger partial charge in [0.25, 0.3) is 0 Å². The van der Waals surface area contributed by atoms with Gasteiger partial charge in [-0.1, -0.05) is 18.2 Å². The van der Waals surface area contributed by atoms with Crippen molar-refractivity contribution in [1.82, 2.24) is 4.90 Å². The van der Waals surface area contributed by atoms with Gasteiger partial charge in [0, 0.05) is 18.8 Å². The highest BCUT2D eigenvalue weighted by molar-refractivity contribution is 5.82. The van der Waals surface area contributed by atoms with Gasteiger partial charge in [-0.25, -0.2) is 9.59 Å². The number of amides is 1. The topological polar surface area (TPSA) is 59.1 Å². The minimum atomic E-state index is -0.561. The average molecular weight is 320 g/mol. The van der Waals surface area contributed by atoms with Gasteiger partial charge in [0.1, 0.15) is 11.6 Å². The summed E-state index contributed by atoms with van der Waals surface area (Å²) in [6, 6.07) is 9.11. The molecule has 0 aliphatic carbocycles. The number of hydrogen-bond acceptors (Lipinski definition) is 5. The van der Waals surface area contributed by atoms with Crippen LogP contribution in [-0.2, 0) is 14.3 Å². The molecule has 23 heavy (non-hydrogen) atoms. The maximum absolute atomic E-state index is 12.2. The zero-order valence-corrected chi connectivity index (χ0v) is 14.1. The molecule has 0 saturated carbocycles. The van der Waals surface area contributed by atoms with Crippen LogP contribution < -0.4 is 4.90 Å². The van der Waals surface area contributed by atoms with E-state index in [2.05, 4.69) is 0 Å². The van der Waals surface area contributed by atoms with Gasteiger partial charge in [0.2, 0.25) is 0 Å². The molecule has 0 bridgehead atoms. The molecule has 126 valence electrons. The van der Waals surface area contributed by atoms with E-state index < -0.39 is 17.7 Å². The van der Waals surface area contributed by atoms with E-state index in [0.29, 0.717) is 13.1 Å². The van der Waals surface area contributed by atoms with Gasteiger partial charge in [-0.05, 0) is 32.9 Å². The van der Waals surface area contributed by atoms with Crippen LogP contribution in [0.4, 0.5) is 10.5 Å². The highest BCUT2D eigenvalue weighted by atomic mass is 16.6. The lowest BCUT2D eigenvalue weighted by Crippen LogP contribution is -2.58. The van der Waals surface area contributed by atoms with Crippen molar-refractivity contribution in [2.75, 3.05) is 31.6 Å². The van der Waals surface area contributed by atoms with Gasteiger partial charge in [0.05, 0.1) is 13.7 Å². The van der Waals surface area contributed by atoms with E-state index in [1.165, 1.54) is 7.11 Å². The minimum absolute atomic E-state index is 0.247. The fraction of sp³-hybridized carbons (Fsp3) is 0.529. The molecule has 1 aliphatic rings. The molecule has 0 N–H and O–H groups in total. The van der Waals surface area contributed by atoms with Crippen LogP contribution in [0.25, 0.3) is 0 Å². The van der Waals surface area contributed by atoms with E-state index in [1.54, 1.807) is 4.90 Å². The van der Waals surface area contributed by atoms with Crippen molar-refractivity contribution in [2.24, 2.45) is 0 Å². The monoisotopic (exact) mass is 320 g/mol. The second kappa shape index (κ2) is 6.89. The van der Waals surface area contributed by atoms with E-state index in [0.717, 1.165) is 5.69 Å². The van der Waals surface area contributed by atoms with Crippen molar-refractivity contribution in [3.05, 3.63) is 30.3 Å². The minimum Gasteiger partial charge on any atom is -0.467 e. The smallest absolute Gasteiger partial charge is 0.410 e. The normalized spacial score (nSPS) is 18.5. The third-order valence-corrected chi connectivity index (χ3v) is 3.59. The molecule has 1 amide bonds. The largest absolute Gasteiger partial charge is 0.467 e. The number of benzene rings is 1. The van der Waals surface area contributed by atoms with E-state index in [-0.39, 0.29) is 12.5 Å². The molecule has 1 heterocycles. The Hall–Kier alpha value is -2.24. The predicted octanol–water partition coefficient (Wildman–Crippen LogP) is 2.29. The molecule has 0 spiro atoms. The number of carbonyl (C=O) groups excluding carboxylic acids is 2. The molecule has 0 aromatic heterocycles. The number of ether oxygens (including phenoxy) is 2. The zero-order valence-electron chi connectivity index (χ0n) is 14.1. The molecular weight excluding hydrogens is 296 g/mol. The molecule has 6 heteroatoms. The molecule has 0 unspecified atom stereocenters. The van der Waals surface area contributed by atoms with Crippen molar-refractivity contribution >= 4 is 17.7 Å². The predicted molar refractivity (Wildman–Crippen MR) is 87.4 cm³/mol. The Morgan fingerprint density at radius 2 is 1.78 bits per heavy atom. The molecule has 1 aromatic rings. The zero-order chi connectivity index (χ0) is 17.0. The molecular formula is C17H24N2O4. The summed E-state index contributed by atoms with van der Waals surface area (Å²) in [5.41, 5.74) is 0.376. The van der Waals surface area contributed by atoms with Gasteiger partial charge in [-0.3, -0.25) is 0 Å². The fourth-order valence-corrected chi connectivity index (χ4v) is 2.54. The number of methoxy groups -OCH3 is 1. The molecule has 1 aliphatic heterocycles. The van der Waals surface area contributed by atoms with Crippen LogP contribution in [0.1, 0.15) is 20.8 Å². The van der Waals surface area contributed by atoms with Crippen LogP contribution in [-0.4, -0.2) is 55.3 Å². The average Bonchev–Trinajstić information content (AvgIpc) is 2.52. The number of carbonyl (C=O) groups is 2. The summed E-state index contributed by atoms with van der Waals surface area (Å²) in [5.74, 6) is -0.359. The summed E-state index contributed by atoms with van der Waals surface area (Å²) in [6.45, 7) is 6.76. The number of hydrogen-bond donors (Lipinski definition) is 0. The third kappa shape index (κ3) is 4.37. The molecule has 2 rings (SSSR count). The lowest BCUT2D eigenvalue weighted by Gasteiger charge is -2.41. The SMILES string of the molecule is COC(=O)[C@@H]1CN(C(=O)OC(C)(C)C)CCN1c1ccccc1. The molecule has 0 radical (unpaired) electrons. The van der Waals surface area contributed by atoms with E-state index in [4.69, 9.17) is 9.47 Å². The van der Waals surface area contributed by atoms with Gasteiger partial charge in [0.15, 0.2) is 0 Å². The first-order chi connectivity index (χ1) is 10.8. The Labute approximate surface area is 137 Å². The van der Waals surface area contributed by atoms with Crippen molar-refractivity contribution in [3.63, 3.8) is 0 Å². The highest BCUT2D eigenvalue weighted by Crippen LogP contribution is 2.22. The first-order valence-electron chi connectivity index (χ1n) is 7.69. The summed E-state index contributed by atoms with van der Waals surface area (Å²) in [4.78, 5) is 27.9. The first-order valence-corrected chi connectivity index (χ1v) is 7.69. The summed E-state index contributed by atoms with van der Waals surface area (Å²) < 4.78 is 10.3. The van der Waals surface area contributed by atoms with Gasteiger partial charge >= 0.3 is 12.1 Å². The molecule has 1 fully saturated rings. The second-order valence-corrected chi connectivity index (χ2v) is 6.49. The van der Waals surface area contributed by atoms with Crippen molar-refractivity contribution < 1.29 is 19.1 Å². The van der Waals surface area contributed by atoms with Crippen LogP contribution in [0.15, 0.2) is 30.3 Å². The summed E-state index contributed by atoms with van der Waals surface area (Å²) >= 11 is 0. The van der Waals surface area contributed by atoms with Gasteiger partial charge < -0.3 is 19.3 Å². The van der Waals surface area contributed by atoms with Gasteiger partial charge in [-0.2, -0.15) is 0 Å². The Kier molecular flexibility index (Phi) is 5.13. The van der Waals surface area contributed by atoms with Crippen LogP contribution in [0, 0.1) is 0 Å². The van der Waals surface area contributed by atoms with E-state index in [1.807, 2.05) is 56.0 Å². The van der Waals surface area contributed by atoms with Gasteiger partial charge in [-0.15, -0.1) is 0 Å². The number of piperazine rings is 1. The molecule has 1 atom stereocenters. The standard InChI is InChI=1S/C17H24N2O4/c1-17(2,3)23-16(21)18-10-11-19(13-8-6-5-7-9-13)14(12-18)15(20)22-4/h5-9,14H,10-12H2,1-4H3/t14-/m0/s1. The van der Waals surface area contributed by atoms with E-state index >= 15 is 0 Å². The van der Waals surface area contributed by atoms with E-state index in [9.17, 15) is 9.59 Å². The number of esters is 1. The van der Waals surface area contributed by atoms with Crippen molar-refractivity contribution in [1.29, 1.82) is 0 Å². The van der Waals surface area contributed by atoms with Crippen LogP contribution in [0.2, 0.25) is 0 Å². The summed E-state index contributed by atoms with van der Waals surface area (Å²) in [6.07, 6.45) is -0.404. The highest BCUT2D eigenvalue weighted by Gasteiger charge is 2.36. The summed E-state index contributed by atoms with van der Waals surface area (Å²) in [7, 11) is 1.36. The first kappa shape index (κ1) is 17.1. The number of para-hydroxylation sites is 1. The number of nitrogens with zero attached hydrogens (tertiary/aromatic N) is 2. The quantitative estimate of drug-likeness (QED) is 0.783. The van der Waals surface area contributed by atoms with Crippen molar-refractivity contribution in [2.45, 2.75) is 32.4 Å². The fourth-order valence-electron chi connectivity index (χ4n) is 2.54. The van der Waals surface area contributed by atoms with Crippen LogP contribution in [0.5, 0.6) is 0 Å². The Bertz CT molecular complexity index is 553. The summed E-state index contributed by atoms with van der Waals surface area (Å²) in [5, 5.41) is 0. The third-order valence-electron chi connectivity index (χ3n) is 3.59. The number of anilines is 1. The Morgan fingerprint density at radius 3 is 2.35 bits per heavy atom. The second-order valence-electron chi connectivity index (χ2n) is 6.49. The molecule has 1 saturated heterocycles. The Morgan fingerprint density at radius 1 is 1.13 bits per heavy atom. The maximum atomic E-state index is 12.2. The maximum Gasteiger partial charge on any atom is 0.410 e. The molecule has 6 nitrogen and oxygen atoms in total. The Balaban J connectivity index is 2.15. The van der Waals surface area contributed by atoms with Crippen molar-refractivity contribution in [3.8, 4) is 0 Å². The molecule has 1 aromatic carbocycles. The number of rotatable bonds is 2.